The topological polar surface area (TPSA) is 73.2 Å². The number of carbonyl (C=O) groups excluding carboxylic acids is 2. The van der Waals surface area contributed by atoms with E-state index in [1.807, 2.05) is 31.2 Å². The highest BCUT2D eigenvalue weighted by Gasteiger charge is 2.26. The van der Waals surface area contributed by atoms with Crippen LogP contribution >= 0.6 is 34.5 Å². The van der Waals surface area contributed by atoms with Gasteiger partial charge in [0, 0.05) is 35.5 Å². The molecule has 3 aromatic rings. The summed E-state index contributed by atoms with van der Waals surface area (Å²) in [5.74, 6) is 0.444. The maximum atomic E-state index is 12.3. The third kappa shape index (κ3) is 4.60. The van der Waals surface area contributed by atoms with Crippen molar-refractivity contribution in [3.8, 4) is 16.2 Å². The van der Waals surface area contributed by atoms with Crippen LogP contribution in [0.5, 0.6) is 5.75 Å². The first-order valence-electron chi connectivity index (χ1n) is 9.98. The molecule has 0 saturated heterocycles. The van der Waals surface area contributed by atoms with Gasteiger partial charge in [-0.25, -0.2) is 0 Å². The number of nitrogens with one attached hydrogen (secondary N) is 1. The van der Waals surface area contributed by atoms with Gasteiger partial charge in [-0.05, 0) is 49.8 Å². The Balaban J connectivity index is 1.39. The van der Waals surface area contributed by atoms with Gasteiger partial charge in [-0.1, -0.05) is 23.2 Å². The van der Waals surface area contributed by atoms with E-state index in [9.17, 15) is 9.59 Å². The number of carbonyl (C=O) groups is 2. The molecule has 0 saturated carbocycles. The second-order valence-electron chi connectivity index (χ2n) is 7.60. The summed E-state index contributed by atoms with van der Waals surface area (Å²) in [5, 5.41) is 8.08. The van der Waals surface area contributed by atoms with E-state index in [4.69, 9.17) is 27.9 Å². The lowest BCUT2D eigenvalue weighted by Crippen LogP contribution is -2.33. The fourth-order valence-corrected chi connectivity index (χ4v) is 5.00. The Labute approximate surface area is 199 Å². The molecule has 1 unspecified atom stereocenters. The van der Waals surface area contributed by atoms with E-state index in [1.54, 1.807) is 24.7 Å². The van der Waals surface area contributed by atoms with Crippen molar-refractivity contribution in [2.75, 3.05) is 6.54 Å². The summed E-state index contributed by atoms with van der Waals surface area (Å²) in [7, 11) is 1.75. The molecule has 1 N–H and O–H groups in total. The Kier molecular flexibility index (Phi) is 6.42. The number of aryl methyl sites for hydroxylation is 2. The summed E-state index contributed by atoms with van der Waals surface area (Å²) < 4.78 is 7.53. The molecule has 3 heterocycles. The van der Waals surface area contributed by atoms with Crippen molar-refractivity contribution >= 4 is 52.3 Å². The van der Waals surface area contributed by atoms with Crippen LogP contribution in [0.1, 0.15) is 33.4 Å². The molecule has 1 aromatic carbocycles. The number of nitrogens with zero attached hydrogens (tertiary/aromatic N) is 2. The van der Waals surface area contributed by atoms with Gasteiger partial charge >= 0.3 is 0 Å². The van der Waals surface area contributed by atoms with Crippen LogP contribution in [-0.4, -0.2) is 34.1 Å². The van der Waals surface area contributed by atoms with Crippen LogP contribution in [0.2, 0.25) is 10.2 Å². The van der Waals surface area contributed by atoms with Crippen molar-refractivity contribution in [1.29, 1.82) is 0 Å². The molecule has 1 aliphatic heterocycles. The Morgan fingerprint density at radius 1 is 1.34 bits per heavy atom. The van der Waals surface area contributed by atoms with Crippen molar-refractivity contribution in [3.63, 3.8) is 0 Å². The van der Waals surface area contributed by atoms with Crippen molar-refractivity contribution < 1.29 is 14.3 Å². The van der Waals surface area contributed by atoms with Crippen LogP contribution in [-0.2, 0) is 18.3 Å². The lowest BCUT2D eigenvalue weighted by Gasteiger charge is -2.11. The molecule has 32 heavy (non-hydrogen) atoms. The van der Waals surface area contributed by atoms with E-state index in [0.717, 1.165) is 27.3 Å². The summed E-state index contributed by atoms with van der Waals surface area (Å²) in [6.07, 6.45) is 3.51. The van der Waals surface area contributed by atoms with E-state index in [1.165, 1.54) is 17.4 Å². The second-order valence-corrected chi connectivity index (χ2v) is 9.45. The number of rotatable bonds is 6. The van der Waals surface area contributed by atoms with Gasteiger partial charge in [-0.15, -0.1) is 11.3 Å². The fraction of sp³-hybridized carbons (Fsp3) is 0.261. The first kappa shape index (κ1) is 22.6. The SMILES string of the molecule is CC(=O)c1ccc(-c2cc(Cl)c3c(c2)CC(CNC(=O)/C=C/c2c(C)nn(C)c2Cl)O3)s1. The maximum Gasteiger partial charge on any atom is 0.244 e. The number of halogens is 2. The number of aromatic nitrogens is 2. The molecular weight excluding hydrogens is 469 g/mol. The first-order valence-corrected chi connectivity index (χ1v) is 11.6. The summed E-state index contributed by atoms with van der Waals surface area (Å²) in [5.41, 5.74) is 3.40. The number of amides is 1. The molecule has 1 atom stereocenters. The molecule has 1 aliphatic rings. The molecule has 6 nitrogen and oxygen atoms in total. The lowest BCUT2D eigenvalue weighted by atomic mass is 10.1. The largest absolute Gasteiger partial charge is 0.486 e. The van der Waals surface area contributed by atoms with Crippen LogP contribution in [0.3, 0.4) is 0 Å². The van der Waals surface area contributed by atoms with Crippen molar-refractivity contribution in [3.05, 3.63) is 62.2 Å². The fourth-order valence-electron chi connectivity index (χ4n) is 3.59. The Morgan fingerprint density at radius 3 is 2.78 bits per heavy atom. The van der Waals surface area contributed by atoms with Crippen molar-refractivity contribution in [2.45, 2.75) is 26.4 Å². The van der Waals surface area contributed by atoms with E-state index < -0.39 is 0 Å². The second kappa shape index (κ2) is 9.10. The zero-order valence-electron chi connectivity index (χ0n) is 17.7. The monoisotopic (exact) mass is 489 g/mol. The highest BCUT2D eigenvalue weighted by atomic mass is 35.5. The summed E-state index contributed by atoms with van der Waals surface area (Å²) in [6, 6.07) is 7.63. The Bertz CT molecular complexity index is 1250. The number of hydrogen-bond donors (Lipinski definition) is 1. The van der Waals surface area contributed by atoms with Gasteiger partial charge in [-0.3, -0.25) is 14.3 Å². The van der Waals surface area contributed by atoms with Crippen LogP contribution in [0.15, 0.2) is 30.3 Å². The number of Topliss-reactive ketones (excluding diaryl/α,β-unsaturated/α-hetero) is 1. The molecule has 0 radical (unpaired) electrons. The zero-order valence-corrected chi connectivity index (χ0v) is 20.1. The smallest absolute Gasteiger partial charge is 0.244 e. The van der Waals surface area contributed by atoms with Crippen LogP contribution < -0.4 is 10.1 Å². The Hall–Kier alpha value is -2.61. The molecule has 2 aromatic heterocycles. The third-order valence-corrected chi connectivity index (χ3v) is 7.16. The van der Waals surface area contributed by atoms with Gasteiger partial charge in [0.15, 0.2) is 5.78 Å². The van der Waals surface area contributed by atoms with Gasteiger partial charge in [0.25, 0.3) is 0 Å². The number of ketones is 1. The van der Waals surface area contributed by atoms with E-state index in [0.29, 0.717) is 33.8 Å². The summed E-state index contributed by atoms with van der Waals surface area (Å²) >= 11 is 14.1. The highest BCUT2D eigenvalue weighted by molar-refractivity contribution is 7.17. The molecular formula is C23H21Cl2N3O3S. The molecule has 4 rings (SSSR count). The number of hydrogen-bond acceptors (Lipinski definition) is 5. The van der Waals surface area contributed by atoms with Gasteiger partial charge in [0.05, 0.1) is 22.1 Å². The maximum absolute atomic E-state index is 12.3. The normalized spacial score (nSPS) is 15.1. The van der Waals surface area contributed by atoms with Gasteiger partial charge < -0.3 is 10.1 Å². The molecule has 0 bridgehead atoms. The van der Waals surface area contributed by atoms with Gasteiger partial charge in [0.2, 0.25) is 5.91 Å². The van der Waals surface area contributed by atoms with Crippen LogP contribution in [0, 0.1) is 6.92 Å². The molecule has 0 spiro atoms. The predicted molar refractivity (Wildman–Crippen MR) is 128 cm³/mol. The van der Waals surface area contributed by atoms with Crippen molar-refractivity contribution in [2.24, 2.45) is 7.05 Å². The van der Waals surface area contributed by atoms with Crippen LogP contribution in [0.25, 0.3) is 16.5 Å². The minimum Gasteiger partial charge on any atom is -0.486 e. The number of benzene rings is 1. The molecule has 9 heteroatoms. The van der Waals surface area contributed by atoms with E-state index in [2.05, 4.69) is 10.4 Å². The van der Waals surface area contributed by atoms with Gasteiger partial charge in [0.1, 0.15) is 17.0 Å². The van der Waals surface area contributed by atoms with E-state index >= 15 is 0 Å². The van der Waals surface area contributed by atoms with Crippen LogP contribution in [0.4, 0.5) is 0 Å². The quantitative estimate of drug-likeness (QED) is 0.386. The lowest BCUT2D eigenvalue weighted by molar-refractivity contribution is -0.116. The molecule has 0 fully saturated rings. The first-order chi connectivity index (χ1) is 15.2. The van der Waals surface area contributed by atoms with Gasteiger partial charge in [-0.2, -0.15) is 5.10 Å². The minimum absolute atomic E-state index is 0.0441. The molecule has 0 aliphatic carbocycles. The van der Waals surface area contributed by atoms with E-state index in [-0.39, 0.29) is 17.8 Å². The number of ether oxygens (including phenoxy) is 1. The Morgan fingerprint density at radius 2 is 2.12 bits per heavy atom. The minimum atomic E-state index is -0.244. The average molecular weight is 490 g/mol. The summed E-state index contributed by atoms with van der Waals surface area (Å²) in [4.78, 5) is 25.5. The zero-order chi connectivity index (χ0) is 23.0. The highest BCUT2D eigenvalue weighted by Crippen LogP contribution is 2.41. The summed E-state index contributed by atoms with van der Waals surface area (Å²) in [6.45, 7) is 3.73. The predicted octanol–water partition coefficient (Wildman–Crippen LogP) is 5.10. The third-order valence-electron chi connectivity index (χ3n) is 5.19. The molecule has 1 amide bonds. The standard InChI is InChI=1S/C23H21Cl2N3O3S/c1-12-17(23(25)28(3)27-12)4-7-21(30)26-11-16-9-15-8-14(10-18(24)22(15)31-16)20-6-5-19(32-20)13(2)29/h4-8,10,16H,9,11H2,1-3H3,(H,26,30)/b7-4+. The average Bonchev–Trinajstić information content (AvgIpc) is 3.44. The molecule has 166 valence electrons. The van der Waals surface area contributed by atoms with Crippen molar-refractivity contribution in [1.82, 2.24) is 15.1 Å². The number of thiophene rings is 1. The number of fused-ring (bicyclic) bond motifs is 1.